The van der Waals surface area contributed by atoms with Crippen molar-refractivity contribution in [2.24, 2.45) is 0 Å². The second-order valence-electron chi connectivity index (χ2n) is 5.38. The zero-order valence-electron chi connectivity index (χ0n) is 13.1. The molecule has 0 atom stereocenters. The molecule has 2 nitrogen and oxygen atoms in total. The fraction of sp³-hybridized carbons (Fsp3) is 0.368. The minimum absolute atomic E-state index is 0.708. The molecule has 1 N–H and O–H groups in total. The molecule has 0 aliphatic carbocycles. The number of rotatable bonds is 9. The lowest BCUT2D eigenvalue weighted by atomic mass is 10.2. The molecule has 2 aromatic carbocycles. The van der Waals surface area contributed by atoms with E-state index in [1.54, 1.807) is 0 Å². The summed E-state index contributed by atoms with van der Waals surface area (Å²) in [5.41, 5.74) is 2.14. The molecule has 0 bridgehead atoms. The fourth-order valence-electron chi connectivity index (χ4n) is 2.25. The Balaban J connectivity index is 1.82. The van der Waals surface area contributed by atoms with Crippen LogP contribution in [0.5, 0.6) is 5.75 Å². The molecule has 0 fully saturated rings. The SMILES string of the molecule is CCCCCCOc1cccc(NCc2ccccc2Cl)c1. The summed E-state index contributed by atoms with van der Waals surface area (Å²) >= 11 is 6.17. The standard InChI is InChI=1S/C19H24ClNO/c1-2-3-4-7-13-22-18-11-8-10-17(14-18)21-15-16-9-5-6-12-19(16)20/h5-6,8-12,14,21H,2-4,7,13,15H2,1H3. The summed E-state index contributed by atoms with van der Waals surface area (Å²) in [6, 6.07) is 16.0. The number of nitrogens with one attached hydrogen (secondary N) is 1. The van der Waals surface area contributed by atoms with Crippen molar-refractivity contribution in [1.82, 2.24) is 0 Å². The smallest absolute Gasteiger partial charge is 0.121 e. The van der Waals surface area contributed by atoms with Gasteiger partial charge in [-0.05, 0) is 30.2 Å². The van der Waals surface area contributed by atoms with Gasteiger partial charge in [0.05, 0.1) is 6.61 Å². The second-order valence-corrected chi connectivity index (χ2v) is 5.79. The van der Waals surface area contributed by atoms with Crippen molar-refractivity contribution in [2.75, 3.05) is 11.9 Å². The summed E-state index contributed by atoms with van der Waals surface area (Å²) < 4.78 is 5.80. The second kappa shape index (κ2) is 9.37. The van der Waals surface area contributed by atoms with Gasteiger partial charge in [0.1, 0.15) is 5.75 Å². The van der Waals surface area contributed by atoms with E-state index < -0.39 is 0 Å². The van der Waals surface area contributed by atoms with Gasteiger partial charge in [0, 0.05) is 23.3 Å². The molecule has 0 saturated carbocycles. The van der Waals surface area contributed by atoms with Gasteiger partial charge in [-0.2, -0.15) is 0 Å². The van der Waals surface area contributed by atoms with E-state index in [1.807, 2.05) is 48.5 Å². The van der Waals surface area contributed by atoms with Crippen LogP contribution in [0.1, 0.15) is 38.2 Å². The van der Waals surface area contributed by atoms with Crippen molar-refractivity contribution < 1.29 is 4.74 Å². The van der Waals surface area contributed by atoms with Crippen molar-refractivity contribution in [3.63, 3.8) is 0 Å². The van der Waals surface area contributed by atoms with E-state index >= 15 is 0 Å². The first-order chi connectivity index (χ1) is 10.8. The zero-order chi connectivity index (χ0) is 15.6. The van der Waals surface area contributed by atoms with E-state index in [0.717, 1.165) is 35.1 Å². The molecule has 0 aliphatic heterocycles. The normalized spacial score (nSPS) is 10.5. The van der Waals surface area contributed by atoms with Gasteiger partial charge >= 0.3 is 0 Å². The third kappa shape index (κ3) is 5.61. The number of unbranched alkanes of at least 4 members (excludes halogenated alkanes) is 3. The molecule has 22 heavy (non-hydrogen) atoms. The van der Waals surface area contributed by atoms with Crippen LogP contribution in [0.4, 0.5) is 5.69 Å². The Bertz CT molecular complexity index is 571. The van der Waals surface area contributed by atoms with Crippen molar-refractivity contribution in [1.29, 1.82) is 0 Å². The van der Waals surface area contributed by atoms with Crippen LogP contribution >= 0.6 is 11.6 Å². The molecule has 0 heterocycles. The van der Waals surface area contributed by atoms with E-state index in [4.69, 9.17) is 16.3 Å². The van der Waals surface area contributed by atoms with Gasteiger partial charge in [0.25, 0.3) is 0 Å². The first-order valence-corrected chi connectivity index (χ1v) is 8.37. The summed E-state index contributed by atoms with van der Waals surface area (Å²) in [6.45, 7) is 3.71. The number of ether oxygens (including phenoxy) is 1. The van der Waals surface area contributed by atoms with Crippen molar-refractivity contribution in [3.8, 4) is 5.75 Å². The lowest BCUT2D eigenvalue weighted by Crippen LogP contribution is -2.01. The molecule has 0 spiro atoms. The molecule has 3 heteroatoms. The molecule has 118 valence electrons. The van der Waals surface area contributed by atoms with Crippen LogP contribution in [0.25, 0.3) is 0 Å². The molecule has 0 saturated heterocycles. The summed E-state index contributed by atoms with van der Waals surface area (Å²) in [7, 11) is 0. The lowest BCUT2D eigenvalue weighted by molar-refractivity contribution is 0.305. The summed E-state index contributed by atoms with van der Waals surface area (Å²) in [4.78, 5) is 0. The Labute approximate surface area is 138 Å². The first kappa shape index (κ1) is 16.7. The van der Waals surface area contributed by atoms with Crippen molar-refractivity contribution in [3.05, 3.63) is 59.1 Å². The van der Waals surface area contributed by atoms with Crippen LogP contribution in [0.2, 0.25) is 5.02 Å². The molecular formula is C19H24ClNO. The topological polar surface area (TPSA) is 21.3 Å². The highest BCUT2D eigenvalue weighted by Crippen LogP contribution is 2.20. The van der Waals surface area contributed by atoms with Gasteiger partial charge in [-0.3, -0.25) is 0 Å². The predicted molar refractivity (Wildman–Crippen MR) is 94.9 cm³/mol. The molecule has 0 unspecified atom stereocenters. The van der Waals surface area contributed by atoms with Crippen LogP contribution < -0.4 is 10.1 Å². The molecule has 2 rings (SSSR count). The van der Waals surface area contributed by atoms with Crippen LogP contribution in [0, 0.1) is 0 Å². The Morgan fingerprint density at radius 3 is 2.68 bits per heavy atom. The highest BCUT2D eigenvalue weighted by atomic mass is 35.5. The third-order valence-corrected chi connectivity index (χ3v) is 3.91. The van der Waals surface area contributed by atoms with Crippen LogP contribution in [-0.4, -0.2) is 6.61 Å². The van der Waals surface area contributed by atoms with Gasteiger partial charge in [-0.15, -0.1) is 0 Å². The fourth-order valence-corrected chi connectivity index (χ4v) is 2.46. The van der Waals surface area contributed by atoms with E-state index in [2.05, 4.69) is 12.2 Å². The maximum absolute atomic E-state index is 6.17. The van der Waals surface area contributed by atoms with Gasteiger partial charge in [0.2, 0.25) is 0 Å². The predicted octanol–water partition coefficient (Wildman–Crippen LogP) is 5.91. The molecular weight excluding hydrogens is 294 g/mol. The van der Waals surface area contributed by atoms with Crippen molar-refractivity contribution in [2.45, 2.75) is 39.2 Å². The molecule has 0 amide bonds. The maximum Gasteiger partial charge on any atom is 0.121 e. The number of anilines is 1. The highest BCUT2D eigenvalue weighted by molar-refractivity contribution is 6.31. The van der Waals surface area contributed by atoms with Gasteiger partial charge in [-0.1, -0.05) is 62.1 Å². The van der Waals surface area contributed by atoms with E-state index in [-0.39, 0.29) is 0 Å². The van der Waals surface area contributed by atoms with Crippen LogP contribution in [0.3, 0.4) is 0 Å². The number of benzene rings is 2. The van der Waals surface area contributed by atoms with Crippen LogP contribution in [-0.2, 0) is 6.54 Å². The highest BCUT2D eigenvalue weighted by Gasteiger charge is 2.00. The maximum atomic E-state index is 6.17. The number of halogens is 1. The Kier molecular flexibility index (Phi) is 7.11. The Morgan fingerprint density at radius 2 is 1.86 bits per heavy atom. The molecule has 0 aliphatic rings. The molecule has 2 aromatic rings. The molecule has 0 aromatic heterocycles. The summed E-state index contributed by atoms with van der Waals surface area (Å²) in [5, 5.41) is 4.18. The number of hydrogen-bond acceptors (Lipinski definition) is 2. The minimum atomic E-state index is 0.708. The average molecular weight is 318 g/mol. The van der Waals surface area contributed by atoms with Gasteiger partial charge < -0.3 is 10.1 Å². The third-order valence-electron chi connectivity index (χ3n) is 3.54. The first-order valence-electron chi connectivity index (χ1n) is 7.99. The quantitative estimate of drug-likeness (QED) is 0.580. The van der Waals surface area contributed by atoms with Gasteiger partial charge in [0.15, 0.2) is 0 Å². The summed E-state index contributed by atoms with van der Waals surface area (Å²) in [6.07, 6.45) is 4.89. The minimum Gasteiger partial charge on any atom is -0.494 e. The summed E-state index contributed by atoms with van der Waals surface area (Å²) in [5.74, 6) is 0.917. The Morgan fingerprint density at radius 1 is 1.00 bits per heavy atom. The average Bonchev–Trinajstić information content (AvgIpc) is 2.54. The van der Waals surface area contributed by atoms with E-state index in [9.17, 15) is 0 Å². The lowest BCUT2D eigenvalue weighted by Gasteiger charge is -2.10. The van der Waals surface area contributed by atoms with Crippen LogP contribution in [0.15, 0.2) is 48.5 Å². The number of hydrogen-bond donors (Lipinski definition) is 1. The van der Waals surface area contributed by atoms with E-state index in [0.29, 0.717) is 6.54 Å². The van der Waals surface area contributed by atoms with Gasteiger partial charge in [-0.25, -0.2) is 0 Å². The zero-order valence-corrected chi connectivity index (χ0v) is 13.9. The largest absolute Gasteiger partial charge is 0.494 e. The van der Waals surface area contributed by atoms with Crippen molar-refractivity contribution >= 4 is 17.3 Å². The monoisotopic (exact) mass is 317 g/mol. The molecule has 0 radical (unpaired) electrons. The van der Waals surface area contributed by atoms with E-state index in [1.165, 1.54) is 19.3 Å². The Hall–Kier alpha value is -1.67.